The second kappa shape index (κ2) is 5.40. The molecule has 2 heterocycles. The Morgan fingerprint density at radius 1 is 1.29 bits per heavy atom. The first-order valence-corrected chi connectivity index (χ1v) is 6.46. The number of pyridine rings is 1. The van der Waals surface area contributed by atoms with Crippen LogP contribution >= 0.6 is 0 Å². The molecular weight excluding hydrogens is 275 g/mol. The molecule has 2 aromatic rings. The lowest BCUT2D eigenvalue weighted by Crippen LogP contribution is -2.27. The van der Waals surface area contributed by atoms with Crippen molar-refractivity contribution in [1.82, 2.24) is 10.3 Å². The predicted molar refractivity (Wildman–Crippen MR) is 72.6 cm³/mol. The SMILES string of the molecule is CC(NC(=O)c1cccc(F)n1)c1ccc2c(c1)OCO2. The molecule has 5 nitrogen and oxygen atoms in total. The number of benzene rings is 1. The molecule has 0 aliphatic carbocycles. The molecule has 1 aliphatic heterocycles. The summed E-state index contributed by atoms with van der Waals surface area (Å²) in [4.78, 5) is 15.6. The number of carbonyl (C=O) groups is 1. The lowest BCUT2D eigenvalue weighted by atomic mass is 10.1. The molecule has 0 bridgehead atoms. The van der Waals surface area contributed by atoms with Crippen molar-refractivity contribution in [2.75, 3.05) is 6.79 Å². The molecule has 1 amide bonds. The van der Waals surface area contributed by atoms with E-state index in [1.807, 2.05) is 19.1 Å². The van der Waals surface area contributed by atoms with Crippen molar-refractivity contribution in [2.24, 2.45) is 0 Å². The summed E-state index contributed by atoms with van der Waals surface area (Å²) in [5.74, 6) is 0.222. The van der Waals surface area contributed by atoms with Crippen LogP contribution < -0.4 is 14.8 Å². The van der Waals surface area contributed by atoms with Gasteiger partial charge in [-0.1, -0.05) is 12.1 Å². The number of fused-ring (bicyclic) bond motifs is 1. The molecule has 0 fully saturated rings. The van der Waals surface area contributed by atoms with E-state index in [0.717, 1.165) is 5.56 Å². The zero-order chi connectivity index (χ0) is 14.8. The van der Waals surface area contributed by atoms with E-state index in [1.165, 1.54) is 18.2 Å². The van der Waals surface area contributed by atoms with Gasteiger partial charge in [-0.3, -0.25) is 4.79 Å². The average Bonchev–Trinajstić information content (AvgIpc) is 2.94. The zero-order valence-electron chi connectivity index (χ0n) is 11.3. The first kappa shape index (κ1) is 13.4. The summed E-state index contributed by atoms with van der Waals surface area (Å²) >= 11 is 0. The maximum absolute atomic E-state index is 13.0. The van der Waals surface area contributed by atoms with E-state index in [9.17, 15) is 9.18 Å². The number of nitrogens with zero attached hydrogens (tertiary/aromatic N) is 1. The fourth-order valence-electron chi connectivity index (χ4n) is 2.07. The second-order valence-electron chi connectivity index (χ2n) is 4.65. The first-order valence-electron chi connectivity index (χ1n) is 6.46. The van der Waals surface area contributed by atoms with Crippen LogP contribution in [-0.4, -0.2) is 17.7 Å². The molecular formula is C15H13FN2O3. The molecule has 1 aromatic carbocycles. The second-order valence-corrected chi connectivity index (χ2v) is 4.65. The molecule has 1 atom stereocenters. The highest BCUT2D eigenvalue weighted by molar-refractivity contribution is 5.92. The van der Waals surface area contributed by atoms with Gasteiger partial charge in [0.2, 0.25) is 12.7 Å². The average molecular weight is 288 g/mol. The summed E-state index contributed by atoms with van der Waals surface area (Å²) in [6.45, 7) is 2.03. The largest absolute Gasteiger partial charge is 0.454 e. The molecule has 3 rings (SSSR count). The molecule has 0 saturated carbocycles. The highest BCUT2D eigenvalue weighted by Gasteiger charge is 2.17. The van der Waals surface area contributed by atoms with Crippen LogP contribution in [0.5, 0.6) is 11.5 Å². The van der Waals surface area contributed by atoms with Crippen LogP contribution in [0.2, 0.25) is 0 Å². The summed E-state index contributed by atoms with van der Waals surface area (Å²) in [5, 5.41) is 2.77. The topological polar surface area (TPSA) is 60.5 Å². The normalized spacial score (nSPS) is 13.8. The van der Waals surface area contributed by atoms with Gasteiger partial charge in [0.05, 0.1) is 6.04 Å². The Morgan fingerprint density at radius 3 is 2.90 bits per heavy atom. The summed E-state index contributed by atoms with van der Waals surface area (Å²) in [6.07, 6.45) is 0. The highest BCUT2D eigenvalue weighted by Crippen LogP contribution is 2.34. The molecule has 0 spiro atoms. The Balaban J connectivity index is 1.74. The van der Waals surface area contributed by atoms with Gasteiger partial charge >= 0.3 is 0 Å². The van der Waals surface area contributed by atoms with Gasteiger partial charge in [0.1, 0.15) is 5.69 Å². The van der Waals surface area contributed by atoms with Gasteiger partial charge < -0.3 is 14.8 Å². The molecule has 108 valence electrons. The van der Waals surface area contributed by atoms with Crippen molar-refractivity contribution in [1.29, 1.82) is 0 Å². The number of hydrogen-bond acceptors (Lipinski definition) is 4. The van der Waals surface area contributed by atoms with E-state index in [2.05, 4.69) is 10.3 Å². The Hall–Kier alpha value is -2.63. The van der Waals surface area contributed by atoms with E-state index in [1.54, 1.807) is 6.07 Å². The van der Waals surface area contributed by atoms with Crippen LogP contribution in [0.4, 0.5) is 4.39 Å². The van der Waals surface area contributed by atoms with Crippen LogP contribution in [0, 0.1) is 5.95 Å². The minimum Gasteiger partial charge on any atom is -0.454 e. The standard InChI is InChI=1S/C15H13FN2O3/c1-9(10-5-6-12-13(7-10)21-8-20-12)17-15(19)11-3-2-4-14(16)18-11/h2-7,9H,8H2,1H3,(H,17,19). The molecule has 1 aliphatic rings. The van der Waals surface area contributed by atoms with E-state index in [-0.39, 0.29) is 18.5 Å². The van der Waals surface area contributed by atoms with Gasteiger partial charge in [-0.05, 0) is 36.8 Å². The van der Waals surface area contributed by atoms with Crippen molar-refractivity contribution in [2.45, 2.75) is 13.0 Å². The molecule has 0 radical (unpaired) electrons. The van der Waals surface area contributed by atoms with E-state index in [4.69, 9.17) is 9.47 Å². The van der Waals surface area contributed by atoms with Crippen molar-refractivity contribution in [3.63, 3.8) is 0 Å². The number of aromatic nitrogens is 1. The molecule has 1 aromatic heterocycles. The molecule has 0 saturated heterocycles. The van der Waals surface area contributed by atoms with Gasteiger partial charge in [-0.2, -0.15) is 4.39 Å². The van der Waals surface area contributed by atoms with Gasteiger partial charge in [0.25, 0.3) is 5.91 Å². The number of hydrogen-bond donors (Lipinski definition) is 1. The Bertz CT molecular complexity index is 690. The fourth-order valence-corrected chi connectivity index (χ4v) is 2.07. The van der Waals surface area contributed by atoms with Crippen LogP contribution in [0.3, 0.4) is 0 Å². The smallest absolute Gasteiger partial charge is 0.270 e. The summed E-state index contributed by atoms with van der Waals surface area (Å²) in [5.41, 5.74) is 0.909. The van der Waals surface area contributed by atoms with Crippen LogP contribution in [0.15, 0.2) is 36.4 Å². The van der Waals surface area contributed by atoms with Gasteiger partial charge in [0, 0.05) is 0 Å². The maximum atomic E-state index is 13.0. The van der Waals surface area contributed by atoms with Crippen LogP contribution in [0.25, 0.3) is 0 Å². The van der Waals surface area contributed by atoms with E-state index in [0.29, 0.717) is 11.5 Å². The monoisotopic (exact) mass is 288 g/mol. The number of halogens is 1. The summed E-state index contributed by atoms with van der Waals surface area (Å²) in [7, 11) is 0. The van der Waals surface area contributed by atoms with Gasteiger partial charge in [0.15, 0.2) is 11.5 Å². The minimum absolute atomic E-state index is 0.0441. The van der Waals surface area contributed by atoms with Gasteiger partial charge in [-0.15, -0.1) is 0 Å². The Labute approximate surface area is 120 Å². The predicted octanol–water partition coefficient (Wildman–Crippen LogP) is 2.44. The minimum atomic E-state index is -0.682. The summed E-state index contributed by atoms with van der Waals surface area (Å²) in [6, 6.07) is 9.28. The lowest BCUT2D eigenvalue weighted by Gasteiger charge is -2.14. The highest BCUT2D eigenvalue weighted by atomic mass is 19.1. The number of rotatable bonds is 3. The van der Waals surface area contributed by atoms with E-state index < -0.39 is 11.9 Å². The lowest BCUT2D eigenvalue weighted by molar-refractivity contribution is 0.0933. The number of amides is 1. The van der Waals surface area contributed by atoms with Crippen molar-refractivity contribution in [3.8, 4) is 11.5 Å². The number of carbonyl (C=O) groups excluding carboxylic acids is 1. The Morgan fingerprint density at radius 2 is 2.10 bits per heavy atom. The molecule has 21 heavy (non-hydrogen) atoms. The first-order chi connectivity index (χ1) is 10.1. The maximum Gasteiger partial charge on any atom is 0.270 e. The van der Waals surface area contributed by atoms with Crippen LogP contribution in [0.1, 0.15) is 29.0 Å². The third kappa shape index (κ3) is 2.79. The third-order valence-corrected chi connectivity index (χ3v) is 3.19. The number of ether oxygens (including phenoxy) is 2. The zero-order valence-corrected chi connectivity index (χ0v) is 11.3. The van der Waals surface area contributed by atoms with Crippen molar-refractivity contribution >= 4 is 5.91 Å². The Kier molecular flexibility index (Phi) is 3.43. The molecule has 1 N–H and O–H groups in total. The van der Waals surface area contributed by atoms with Gasteiger partial charge in [-0.25, -0.2) is 4.98 Å². The van der Waals surface area contributed by atoms with Crippen molar-refractivity contribution in [3.05, 3.63) is 53.6 Å². The fraction of sp³-hybridized carbons (Fsp3) is 0.200. The van der Waals surface area contributed by atoms with Crippen LogP contribution in [-0.2, 0) is 0 Å². The third-order valence-electron chi connectivity index (χ3n) is 3.19. The molecule has 1 unspecified atom stereocenters. The van der Waals surface area contributed by atoms with Crippen molar-refractivity contribution < 1.29 is 18.7 Å². The van der Waals surface area contributed by atoms with E-state index >= 15 is 0 Å². The summed E-state index contributed by atoms with van der Waals surface area (Å²) < 4.78 is 23.5. The quantitative estimate of drug-likeness (QED) is 0.881. The number of nitrogens with one attached hydrogen (secondary N) is 1. The molecule has 6 heteroatoms.